The van der Waals surface area contributed by atoms with Crippen LogP contribution in [0.15, 0.2) is 30.6 Å². The highest BCUT2D eigenvalue weighted by atomic mass is 16.3. The molecule has 1 unspecified atom stereocenters. The van der Waals surface area contributed by atoms with Crippen LogP contribution in [0, 0.1) is 13.8 Å². The first kappa shape index (κ1) is 13.8. The van der Waals surface area contributed by atoms with Gasteiger partial charge in [-0.2, -0.15) is 5.10 Å². The summed E-state index contributed by atoms with van der Waals surface area (Å²) in [5.74, 6) is 0. The molecule has 2 aromatic rings. The van der Waals surface area contributed by atoms with Crippen LogP contribution < -0.4 is 0 Å². The minimum Gasteiger partial charge on any atom is -0.388 e. The van der Waals surface area contributed by atoms with Crippen molar-refractivity contribution in [3.8, 4) is 0 Å². The number of hydrogen-bond donors (Lipinski definition) is 1. The molecule has 102 valence electrons. The summed E-state index contributed by atoms with van der Waals surface area (Å²) in [5, 5.41) is 14.6. The topological polar surface area (TPSA) is 38.0 Å². The number of rotatable bonds is 5. The maximum absolute atomic E-state index is 10.3. The van der Waals surface area contributed by atoms with Crippen LogP contribution in [0.4, 0.5) is 0 Å². The predicted octanol–water partition coefficient (Wildman–Crippen LogP) is 3.19. The average molecular weight is 258 g/mol. The minimum atomic E-state index is -0.480. The van der Waals surface area contributed by atoms with Gasteiger partial charge in [0.1, 0.15) is 0 Å². The number of nitrogens with zero attached hydrogens (tertiary/aromatic N) is 2. The second kappa shape index (κ2) is 6.02. The Bertz CT molecular complexity index is 545. The molecule has 0 aliphatic heterocycles. The van der Waals surface area contributed by atoms with Gasteiger partial charge in [-0.05, 0) is 31.4 Å². The van der Waals surface area contributed by atoms with Crippen molar-refractivity contribution in [3.05, 3.63) is 52.8 Å². The fourth-order valence-corrected chi connectivity index (χ4v) is 2.25. The monoisotopic (exact) mass is 258 g/mol. The minimum absolute atomic E-state index is 0.480. The first-order valence-corrected chi connectivity index (χ1v) is 6.86. The van der Waals surface area contributed by atoms with Crippen LogP contribution in [-0.2, 0) is 13.0 Å². The van der Waals surface area contributed by atoms with Crippen LogP contribution >= 0.6 is 0 Å². The van der Waals surface area contributed by atoms with Crippen molar-refractivity contribution in [3.63, 3.8) is 0 Å². The smallest absolute Gasteiger partial charge is 0.0860 e. The maximum atomic E-state index is 10.3. The second-order valence-electron chi connectivity index (χ2n) is 5.19. The van der Waals surface area contributed by atoms with E-state index in [0.29, 0.717) is 6.42 Å². The van der Waals surface area contributed by atoms with Crippen molar-refractivity contribution in [2.24, 2.45) is 0 Å². The summed E-state index contributed by atoms with van der Waals surface area (Å²) in [6, 6.07) is 6.36. The Kier molecular flexibility index (Phi) is 4.38. The van der Waals surface area contributed by atoms with Gasteiger partial charge >= 0.3 is 0 Å². The standard InChI is InChI=1S/C16H22N2O/c1-4-7-18-11-15(10-17-18)16(19)9-14-8-12(2)5-6-13(14)3/h5-6,8,10-11,16,19H,4,7,9H2,1-3H3. The number of benzene rings is 1. The van der Waals surface area contributed by atoms with Crippen LogP contribution in [0.1, 0.15) is 41.7 Å². The molecule has 0 aliphatic carbocycles. The SMILES string of the molecule is CCCn1cc(C(O)Cc2cc(C)ccc2C)cn1. The van der Waals surface area contributed by atoms with Crippen LogP contribution in [0.25, 0.3) is 0 Å². The molecular formula is C16H22N2O. The van der Waals surface area contributed by atoms with Gasteiger partial charge < -0.3 is 5.11 Å². The van der Waals surface area contributed by atoms with E-state index in [1.165, 1.54) is 16.7 Å². The Hall–Kier alpha value is -1.61. The number of hydrogen-bond acceptors (Lipinski definition) is 2. The third kappa shape index (κ3) is 3.44. The van der Waals surface area contributed by atoms with E-state index < -0.39 is 6.10 Å². The molecule has 1 heterocycles. The molecule has 0 amide bonds. The lowest BCUT2D eigenvalue weighted by atomic mass is 9.98. The van der Waals surface area contributed by atoms with E-state index in [9.17, 15) is 5.11 Å². The quantitative estimate of drug-likeness (QED) is 0.894. The highest BCUT2D eigenvalue weighted by Crippen LogP contribution is 2.21. The summed E-state index contributed by atoms with van der Waals surface area (Å²) < 4.78 is 1.89. The molecule has 3 nitrogen and oxygen atoms in total. The molecule has 2 rings (SSSR count). The Morgan fingerprint density at radius 2 is 2.11 bits per heavy atom. The van der Waals surface area contributed by atoms with Crippen molar-refractivity contribution < 1.29 is 5.11 Å². The predicted molar refractivity (Wildman–Crippen MR) is 77.1 cm³/mol. The fourth-order valence-electron chi connectivity index (χ4n) is 2.25. The largest absolute Gasteiger partial charge is 0.388 e. The molecule has 0 aliphatic rings. The lowest BCUT2D eigenvalue weighted by molar-refractivity contribution is 0.178. The van der Waals surface area contributed by atoms with E-state index in [0.717, 1.165) is 18.5 Å². The molecule has 1 atom stereocenters. The Morgan fingerprint density at radius 3 is 2.84 bits per heavy atom. The third-order valence-corrected chi connectivity index (χ3v) is 3.41. The van der Waals surface area contributed by atoms with Gasteiger partial charge in [-0.15, -0.1) is 0 Å². The molecule has 1 aromatic heterocycles. The van der Waals surface area contributed by atoms with Gasteiger partial charge in [-0.25, -0.2) is 0 Å². The number of aryl methyl sites for hydroxylation is 3. The van der Waals surface area contributed by atoms with E-state index in [1.807, 2.05) is 10.9 Å². The van der Waals surface area contributed by atoms with Crippen LogP contribution in [0.5, 0.6) is 0 Å². The molecule has 3 heteroatoms. The lowest BCUT2D eigenvalue weighted by Gasteiger charge is -2.11. The van der Waals surface area contributed by atoms with E-state index in [-0.39, 0.29) is 0 Å². The summed E-state index contributed by atoms with van der Waals surface area (Å²) in [7, 11) is 0. The molecule has 0 radical (unpaired) electrons. The summed E-state index contributed by atoms with van der Waals surface area (Å²) >= 11 is 0. The number of aliphatic hydroxyl groups excluding tert-OH is 1. The van der Waals surface area contributed by atoms with Gasteiger partial charge in [0.2, 0.25) is 0 Å². The molecule has 1 N–H and O–H groups in total. The second-order valence-corrected chi connectivity index (χ2v) is 5.19. The van der Waals surface area contributed by atoms with E-state index in [1.54, 1.807) is 6.20 Å². The van der Waals surface area contributed by atoms with Gasteiger partial charge in [0, 0.05) is 24.7 Å². The van der Waals surface area contributed by atoms with Crippen molar-refractivity contribution in [1.82, 2.24) is 9.78 Å². The van der Waals surface area contributed by atoms with Gasteiger partial charge in [0.25, 0.3) is 0 Å². The first-order chi connectivity index (χ1) is 9.10. The number of aromatic nitrogens is 2. The molecule has 0 saturated carbocycles. The van der Waals surface area contributed by atoms with Crippen LogP contribution in [-0.4, -0.2) is 14.9 Å². The van der Waals surface area contributed by atoms with Gasteiger partial charge in [0.15, 0.2) is 0 Å². The Balaban J connectivity index is 2.11. The molecule has 1 aromatic carbocycles. The van der Waals surface area contributed by atoms with Gasteiger partial charge in [0.05, 0.1) is 12.3 Å². The van der Waals surface area contributed by atoms with Gasteiger partial charge in [-0.1, -0.05) is 30.7 Å². The normalized spacial score (nSPS) is 12.6. The molecule has 0 spiro atoms. The molecule has 19 heavy (non-hydrogen) atoms. The van der Waals surface area contributed by atoms with Crippen molar-refractivity contribution in [2.75, 3.05) is 0 Å². The van der Waals surface area contributed by atoms with Crippen LogP contribution in [0.3, 0.4) is 0 Å². The Labute approximate surface area is 114 Å². The Morgan fingerprint density at radius 1 is 1.32 bits per heavy atom. The van der Waals surface area contributed by atoms with Gasteiger partial charge in [-0.3, -0.25) is 4.68 Å². The van der Waals surface area contributed by atoms with E-state index >= 15 is 0 Å². The van der Waals surface area contributed by atoms with Crippen molar-refractivity contribution in [2.45, 2.75) is 46.3 Å². The number of aliphatic hydroxyl groups is 1. The summed E-state index contributed by atoms with van der Waals surface area (Å²) in [4.78, 5) is 0. The average Bonchev–Trinajstić information content (AvgIpc) is 2.83. The maximum Gasteiger partial charge on any atom is 0.0860 e. The fraction of sp³-hybridized carbons (Fsp3) is 0.438. The third-order valence-electron chi connectivity index (χ3n) is 3.41. The zero-order valence-corrected chi connectivity index (χ0v) is 11.9. The molecule has 0 bridgehead atoms. The highest BCUT2D eigenvalue weighted by molar-refractivity contribution is 5.31. The zero-order chi connectivity index (χ0) is 13.8. The zero-order valence-electron chi connectivity index (χ0n) is 11.9. The summed E-state index contributed by atoms with van der Waals surface area (Å²) in [6.45, 7) is 7.18. The van der Waals surface area contributed by atoms with Crippen LogP contribution in [0.2, 0.25) is 0 Å². The first-order valence-electron chi connectivity index (χ1n) is 6.86. The molecular weight excluding hydrogens is 236 g/mol. The van der Waals surface area contributed by atoms with E-state index in [4.69, 9.17) is 0 Å². The summed E-state index contributed by atoms with van der Waals surface area (Å²) in [6.07, 6.45) is 4.93. The molecule has 0 saturated heterocycles. The molecule has 0 fully saturated rings. The summed E-state index contributed by atoms with van der Waals surface area (Å²) in [5.41, 5.74) is 4.56. The highest BCUT2D eigenvalue weighted by Gasteiger charge is 2.12. The lowest BCUT2D eigenvalue weighted by Crippen LogP contribution is -2.03. The van der Waals surface area contributed by atoms with Crippen molar-refractivity contribution in [1.29, 1.82) is 0 Å². The van der Waals surface area contributed by atoms with E-state index in [2.05, 4.69) is 44.1 Å². The van der Waals surface area contributed by atoms with Crippen molar-refractivity contribution >= 4 is 0 Å².